The third-order valence-corrected chi connectivity index (χ3v) is 5.98. The lowest BCUT2D eigenvalue weighted by atomic mass is 10.2. The van der Waals surface area contributed by atoms with Crippen molar-refractivity contribution in [2.24, 2.45) is 0 Å². The van der Waals surface area contributed by atoms with Crippen molar-refractivity contribution in [2.75, 3.05) is 23.3 Å². The summed E-state index contributed by atoms with van der Waals surface area (Å²) in [6, 6.07) is 13.0. The van der Waals surface area contributed by atoms with E-state index in [4.69, 9.17) is 9.47 Å². The van der Waals surface area contributed by atoms with E-state index in [0.29, 0.717) is 41.8 Å². The number of sulfonamides is 1. The van der Waals surface area contributed by atoms with Crippen molar-refractivity contribution in [1.82, 2.24) is 9.97 Å². The van der Waals surface area contributed by atoms with Gasteiger partial charge in [-0.1, -0.05) is 6.07 Å². The van der Waals surface area contributed by atoms with Gasteiger partial charge < -0.3 is 14.8 Å². The van der Waals surface area contributed by atoms with Crippen LogP contribution in [0.4, 0.5) is 11.6 Å². The number of rotatable bonds is 10. The molecule has 9 nitrogen and oxygen atoms in total. The first-order chi connectivity index (χ1) is 16.7. The molecular formula is C25H28N4O5S. The summed E-state index contributed by atoms with van der Waals surface area (Å²) in [6.45, 7) is 8.31. The smallest absolute Gasteiger partial charge is 0.264 e. The molecule has 0 fully saturated rings. The Morgan fingerprint density at radius 2 is 1.54 bits per heavy atom. The number of carbonyl (C=O) groups excluding carboxylic acids is 1. The van der Waals surface area contributed by atoms with Crippen LogP contribution in [0.5, 0.6) is 11.5 Å². The van der Waals surface area contributed by atoms with Crippen LogP contribution in [0.3, 0.4) is 0 Å². The number of amides is 1. The van der Waals surface area contributed by atoms with Gasteiger partial charge >= 0.3 is 0 Å². The van der Waals surface area contributed by atoms with Crippen LogP contribution in [-0.2, 0) is 14.8 Å². The minimum absolute atomic E-state index is 0.00630. The minimum Gasteiger partial charge on any atom is -0.490 e. The first-order valence-electron chi connectivity index (χ1n) is 11.0. The number of benzene rings is 2. The molecule has 3 rings (SSSR count). The Morgan fingerprint density at radius 3 is 2.17 bits per heavy atom. The number of ether oxygens (including phenoxy) is 2. The second kappa shape index (κ2) is 11.5. The van der Waals surface area contributed by atoms with Crippen LogP contribution in [0.25, 0.3) is 6.08 Å². The van der Waals surface area contributed by atoms with Crippen LogP contribution >= 0.6 is 0 Å². The molecule has 0 atom stereocenters. The van der Waals surface area contributed by atoms with E-state index in [1.807, 2.05) is 19.9 Å². The van der Waals surface area contributed by atoms with E-state index in [0.717, 1.165) is 5.56 Å². The van der Waals surface area contributed by atoms with Crippen LogP contribution < -0.4 is 19.5 Å². The third kappa shape index (κ3) is 7.28. The molecule has 0 spiro atoms. The van der Waals surface area contributed by atoms with Gasteiger partial charge in [0, 0.05) is 23.2 Å². The van der Waals surface area contributed by atoms with Crippen LogP contribution in [0, 0.1) is 13.8 Å². The monoisotopic (exact) mass is 496 g/mol. The van der Waals surface area contributed by atoms with E-state index in [1.54, 1.807) is 38.1 Å². The fourth-order valence-corrected chi connectivity index (χ4v) is 4.14. The first kappa shape index (κ1) is 25.7. The summed E-state index contributed by atoms with van der Waals surface area (Å²) < 4.78 is 38.8. The number of hydrogen-bond donors (Lipinski definition) is 2. The first-order valence-corrected chi connectivity index (χ1v) is 12.5. The molecule has 0 aliphatic carbocycles. The van der Waals surface area contributed by atoms with Crippen molar-refractivity contribution < 1.29 is 22.7 Å². The van der Waals surface area contributed by atoms with Crippen LogP contribution in [0.1, 0.15) is 30.8 Å². The highest BCUT2D eigenvalue weighted by atomic mass is 32.2. The molecular weight excluding hydrogens is 468 g/mol. The van der Waals surface area contributed by atoms with Gasteiger partial charge in [-0.05, 0) is 81.8 Å². The molecule has 0 saturated carbocycles. The molecule has 184 valence electrons. The van der Waals surface area contributed by atoms with Crippen molar-refractivity contribution in [3.8, 4) is 11.5 Å². The Hall–Kier alpha value is -3.92. The molecule has 1 amide bonds. The van der Waals surface area contributed by atoms with Gasteiger partial charge in [0.2, 0.25) is 11.9 Å². The Kier molecular flexibility index (Phi) is 8.43. The number of aryl methyl sites for hydroxylation is 2. The maximum Gasteiger partial charge on any atom is 0.264 e. The number of nitrogens with one attached hydrogen (secondary N) is 2. The van der Waals surface area contributed by atoms with Crippen LogP contribution in [-0.4, -0.2) is 37.5 Å². The number of nitrogens with zero attached hydrogens (tertiary/aromatic N) is 2. The topological polar surface area (TPSA) is 120 Å². The highest BCUT2D eigenvalue weighted by molar-refractivity contribution is 7.92. The molecule has 0 unspecified atom stereocenters. The standard InChI is InChI=1S/C25H28N4O5S/c1-5-33-22-13-7-19(16-23(22)34-6-2)8-14-24(30)28-20-9-11-21(12-10-20)35(31,32)29-25-26-17(3)15-18(4)27-25/h7-16H,5-6H2,1-4H3,(H,28,30)(H,26,27,29)/b14-8+. The highest BCUT2D eigenvalue weighted by Gasteiger charge is 2.16. The summed E-state index contributed by atoms with van der Waals surface area (Å²) in [5.74, 6) is 0.888. The summed E-state index contributed by atoms with van der Waals surface area (Å²) in [4.78, 5) is 20.6. The molecule has 10 heteroatoms. The Bertz CT molecular complexity index is 1300. The minimum atomic E-state index is -3.88. The fraction of sp³-hybridized carbons (Fsp3) is 0.240. The van der Waals surface area contributed by atoms with Gasteiger partial charge in [0.15, 0.2) is 11.5 Å². The second-order valence-electron chi connectivity index (χ2n) is 7.50. The Labute approximate surface area is 205 Å². The lowest BCUT2D eigenvalue weighted by Gasteiger charge is -2.11. The maximum absolute atomic E-state index is 12.6. The third-order valence-electron chi connectivity index (χ3n) is 4.63. The number of carbonyl (C=O) groups is 1. The average molecular weight is 497 g/mol. The Morgan fingerprint density at radius 1 is 0.914 bits per heavy atom. The van der Waals surface area contributed by atoms with Crippen molar-refractivity contribution in [3.05, 3.63) is 71.6 Å². The van der Waals surface area contributed by atoms with Crippen LogP contribution in [0.2, 0.25) is 0 Å². The molecule has 0 radical (unpaired) electrons. The van der Waals surface area contributed by atoms with E-state index < -0.39 is 10.0 Å². The summed E-state index contributed by atoms with van der Waals surface area (Å²) in [6.07, 6.45) is 3.04. The molecule has 2 N–H and O–H groups in total. The van der Waals surface area contributed by atoms with Crippen LogP contribution in [0.15, 0.2) is 59.5 Å². The van der Waals surface area contributed by atoms with Crippen molar-refractivity contribution >= 4 is 33.6 Å². The molecule has 2 aromatic carbocycles. The van der Waals surface area contributed by atoms with Crippen molar-refractivity contribution in [3.63, 3.8) is 0 Å². The zero-order chi connectivity index (χ0) is 25.4. The predicted molar refractivity (Wildman–Crippen MR) is 135 cm³/mol. The number of aromatic nitrogens is 2. The van der Waals surface area contributed by atoms with E-state index in [1.165, 1.54) is 30.3 Å². The fourth-order valence-electron chi connectivity index (χ4n) is 3.20. The molecule has 1 aromatic heterocycles. The van der Waals surface area contributed by atoms with E-state index >= 15 is 0 Å². The van der Waals surface area contributed by atoms with Crippen molar-refractivity contribution in [2.45, 2.75) is 32.6 Å². The molecule has 35 heavy (non-hydrogen) atoms. The summed E-state index contributed by atoms with van der Waals surface area (Å²) in [7, 11) is -3.88. The largest absolute Gasteiger partial charge is 0.490 e. The Balaban J connectivity index is 1.65. The van der Waals surface area contributed by atoms with Gasteiger partial charge in [0.25, 0.3) is 10.0 Å². The normalized spacial score (nSPS) is 11.3. The van der Waals surface area contributed by atoms with E-state index in [9.17, 15) is 13.2 Å². The summed E-state index contributed by atoms with van der Waals surface area (Å²) in [5, 5.41) is 2.71. The number of anilines is 2. The maximum atomic E-state index is 12.6. The van der Waals surface area contributed by atoms with Gasteiger partial charge in [0.05, 0.1) is 18.1 Å². The molecule has 0 bridgehead atoms. The van der Waals surface area contributed by atoms with E-state index in [-0.39, 0.29) is 16.8 Å². The summed E-state index contributed by atoms with van der Waals surface area (Å²) >= 11 is 0. The van der Waals surface area contributed by atoms with Gasteiger partial charge in [-0.25, -0.2) is 23.1 Å². The molecule has 0 saturated heterocycles. The van der Waals surface area contributed by atoms with Crippen molar-refractivity contribution in [1.29, 1.82) is 0 Å². The quantitative estimate of drug-likeness (QED) is 0.401. The predicted octanol–water partition coefficient (Wildman–Crippen LogP) is 4.34. The molecule has 3 aromatic rings. The SMILES string of the molecule is CCOc1ccc(/C=C/C(=O)Nc2ccc(S(=O)(=O)Nc3nc(C)cc(C)n3)cc2)cc1OCC. The molecule has 0 aliphatic heterocycles. The van der Waals surface area contributed by atoms with E-state index in [2.05, 4.69) is 20.0 Å². The average Bonchev–Trinajstić information content (AvgIpc) is 2.79. The number of hydrogen-bond acceptors (Lipinski definition) is 7. The highest BCUT2D eigenvalue weighted by Crippen LogP contribution is 2.29. The second-order valence-corrected chi connectivity index (χ2v) is 9.18. The zero-order valence-corrected chi connectivity index (χ0v) is 20.8. The van der Waals surface area contributed by atoms with Gasteiger partial charge in [-0.2, -0.15) is 0 Å². The lowest BCUT2D eigenvalue weighted by molar-refractivity contribution is -0.111. The van der Waals surface area contributed by atoms with Gasteiger partial charge in [0.1, 0.15) is 0 Å². The lowest BCUT2D eigenvalue weighted by Crippen LogP contribution is -2.16. The van der Waals surface area contributed by atoms with Gasteiger partial charge in [-0.15, -0.1) is 0 Å². The molecule has 0 aliphatic rings. The zero-order valence-electron chi connectivity index (χ0n) is 20.0. The molecule has 1 heterocycles. The van der Waals surface area contributed by atoms with Gasteiger partial charge in [-0.3, -0.25) is 4.79 Å². The summed E-state index contributed by atoms with van der Waals surface area (Å²) in [5.41, 5.74) is 2.53.